The van der Waals surface area contributed by atoms with E-state index in [1.165, 1.54) is 0 Å². The number of hydrogen-bond donors (Lipinski definition) is 1. The Balaban J connectivity index is 2.65. The van der Waals surface area contributed by atoms with Crippen LogP contribution in [0.1, 0.15) is 0 Å². The van der Waals surface area contributed by atoms with Crippen LogP contribution in [-0.2, 0) is 4.57 Å². The highest BCUT2D eigenvalue weighted by molar-refractivity contribution is 7.79. The lowest BCUT2D eigenvalue weighted by Gasteiger charge is -2.29. The van der Waals surface area contributed by atoms with Gasteiger partial charge in [0, 0.05) is 10.6 Å². The molecule has 2 nitrogen and oxygen atoms in total. The molecule has 0 radical (unpaired) electrons. The molecule has 0 saturated carbocycles. The molecule has 0 aliphatic heterocycles. The van der Waals surface area contributed by atoms with Crippen LogP contribution in [0.4, 0.5) is 0 Å². The Morgan fingerprint density at radius 1 is 0.850 bits per heavy atom. The Morgan fingerprint density at radius 2 is 1.20 bits per heavy atom. The highest BCUT2D eigenvalue weighted by atomic mass is 35.6. The second-order valence-corrected chi connectivity index (χ2v) is 9.45. The normalized spacial score (nSPS) is 14.0. The van der Waals surface area contributed by atoms with Crippen molar-refractivity contribution in [3.63, 3.8) is 0 Å². The Kier molecular flexibility index (Phi) is 4.84. The smallest absolute Gasteiger partial charge is 0.223 e. The summed E-state index contributed by atoms with van der Waals surface area (Å²) in [4.78, 5) is 0. The average Bonchev–Trinajstić information content (AvgIpc) is 2.46. The van der Waals surface area contributed by atoms with Crippen molar-refractivity contribution in [2.45, 2.75) is 9.64 Å². The summed E-state index contributed by atoms with van der Waals surface area (Å²) in [6.07, 6.45) is 0. The Labute approximate surface area is 132 Å². The van der Waals surface area contributed by atoms with E-state index in [0.717, 1.165) is 0 Å². The Morgan fingerprint density at radius 3 is 1.50 bits per heavy atom. The first-order valence-corrected chi connectivity index (χ1v) is 8.73. The predicted octanol–water partition coefficient (Wildman–Crippen LogP) is 3.69. The quantitative estimate of drug-likeness (QED) is 0.678. The van der Waals surface area contributed by atoms with Gasteiger partial charge in [0.25, 0.3) is 0 Å². The molecule has 20 heavy (non-hydrogen) atoms. The van der Waals surface area contributed by atoms with Gasteiger partial charge in [0.1, 0.15) is 0 Å². The zero-order valence-electron chi connectivity index (χ0n) is 10.3. The summed E-state index contributed by atoms with van der Waals surface area (Å²) in [5.41, 5.74) is 0. The van der Waals surface area contributed by atoms with Crippen LogP contribution >= 0.6 is 41.9 Å². The second-order valence-electron chi connectivity index (χ2n) is 4.24. The van der Waals surface area contributed by atoms with Gasteiger partial charge in [0.15, 0.2) is 13.0 Å². The topological polar surface area (TPSA) is 37.3 Å². The van der Waals surface area contributed by atoms with Crippen molar-refractivity contribution in [2.24, 2.45) is 0 Å². The molecule has 6 heteroatoms. The molecular weight excluding hydrogens is 337 g/mol. The minimum absolute atomic E-state index is 0.449. The minimum Gasteiger partial charge on any atom is -0.380 e. The maximum absolute atomic E-state index is 13.5. The molecule has 2 aromatic carbocycles. The van der Waals surface area contributed by atoms with Crippen LogP contribution in [0.3, 0.4) is 0 Å². The SMILES string of the molecule is O=P(c1ccccc1)(c1ccccc1)[C@H](O)C(Cl)(Cl)Cl. The molecule has 0 heterocycles. The van der Waals surface area contributed by atoms with Gasteiger partial charge in [-0.15, -0.1) is 0 Å². The fourth-order valence-electron chi connectivity index (χ4n) is 1.94. The number of benzene rings is 2. The van der Waals surface area contributed by atoms with Crippen LogP contribution in [0.5, 0.6) is 0 Å². The molecule has 0 aliphatic carbocycles. The van der Waals surface area contributed by atoms with Gasteiger partial charge in [-0.1, -0.05) is 95.5 Å². The van der Waals surface area contributed by atoms with E-state index < -0.39 is 16.8 Å². The number of halogens is 3. The van der Waals surface area contributed by atoms with Gasteiger partial charge < -0.3 is 9.67 Å². The van der Waals surface area contributed by atoms with E-state index in [1.807, 2.05) is 0 Å². The molecule has 0 fully saturated rings. The van der Waals surface area contributed by atoms with E-state index in [2.05, 4.69) is 0 Å². The van der Waals surface area contributed by atoms with E-state index in [0.29, 0.717) is 10.6 Å². The molecule has 106 valence electrons. The van der Waals surface area contributed by atoms with Gasteiger partial charge >= 0.3 is 0 Å². The standard InChI is InChI=1S/C14H12Cl3O2P/c15-14(16,17)13(18)20(19,11-7-3-1-4-8-11)12-9-5-2-6-10-12/h1-10,13,18H/t13-/m0/s1. The molecule has 2 aromatic rings. The first-order valence-electron chi connectivity index (χ1n) is 5.82. The summed E-state index contributed by atoms with van der Waals surface area (Å²) in [6, 6.07) is 17.2. The molecular formula is C14H12Cl3O2P. The van der Waals surface area contributed by atoms with Crippen molar-refractivity contribution in [3.05, 3.63) is 60.7 Å². The van der Waals surface area contributed by atoms with E-state index in [9.17, 15) is 9.67 Å². The zero-order valence-corrected chi connectivity index (χ0v) is 13.4. The van der Waals surface area contributed by atoms with E-state index in [4.69, 9.17) is 34.8 Å². The summed E-state index contributed by atoms with van der Waals surface area (Å²) < 4.78 is 11.4. The van der Waals surface area contributed by atoms with Crippen LogP contribution in [0.15, 0.2) is 60.7 Å². The lowest BCUT2D eigenvalue weighted by Crippen LogP contribution is -2.34. The summed E-state index contributed by atoms with van der Waals surface area (Å²) in [5.74, 6) is -1.62. The molecule has 0 unspecified atom stereocenters. The fourth-order valence-corrected chi connectivity index (χ4v) is 5.68. The summed E-state index contributed by atoms with van der Waals surface area (Å²) in [6.45, 7) is 0. The molecule has 2 rings (SSSR count). The molecule has 1 N–H and O–H groups in total. The van der Waals surface area contributed by atoms with E-state index in [1.54, 1.807) is 60.7 Å². The van der Waals surface area contributed by atoms with Crippen LogP contribution in [0, 0.1) is 0 Å². The third-order valence-corrected chi connectivity index (χ3v) is 7.20. The van der Waals surface area contributed by atoms with Crippen molar-refractivity contribution in [1.29, 1.82) is 0 Å². The number of alkyl halides is 3. The first-order chi connectivity index (χ1) is 9.37. The predicted molar refractivity (Wildman–Crippen MR) is 86.1 cm³/mol. The third-order valence-electron chi connectivity index (χ3n) is 2.92. The largest absolute Gasteiger partial charge is 0.380 e. The first kappa shape index (κ1) is 15.9. The Bertz CT molecular complexity index is 568. The van der Waals surface area contributed by atoms with Crippen molar-refractivity contribution in [2.75, 3.05) is 0 Å². The van der Waals surface area contributed by atoms with Gasteiger partial charge in [-0.25, -0.2) is 0 Å². The summed E-state index contributed by atoms with van der Waals surface area (Å²) in [7, 11) is -3.48. The summed E-state index contributed by atoms with van der Waals surface area (Å²) >= 11 is 17.3. The molecule has 0 amide bonds. The molecule has 0 aliphatic rings. The van der Waals surface area contributed by atoms with Gasteiger partial charge in [-0.2, -0.15) is 0 Å². The molecule has 0 saturated heterocycles. The highest BCUT2D eigenvalue weighted by Gasteiger charge is 2.47. The monoisotopic (exact) mass is 348 g/mol. The minimum atomic E-state index is -3.48. The lowest BCUT2D eigenvalue weighted by molar-refractivity contribution is 0.255. The van der Waals surface area contributed by atoms with Gasteiger partial charge in [-0.3, -0.25) is 0 Å². The molecule has 0 bridgehead atoms. The van der Waals surface area contributed by atoms with Crippen LogP contribution in [0.25, 0.3) is 0 Å². The van der Waals surface area contributed by atoms with Crippen LogP contribution < -0.4 is 10.6 Å². The molecule has 0 spiro atoms. The van der Waals surface area contributed by atoms with Crippen LogP contribution in [-0.4, -0.2) is 14.7 Å². The lowest BCUT2D eigenvalue weighted by atomic mass is 10.4. The highest BCUT2D eigenvalue weighted by Crippen LogP contribution is 2.55. The fraction of sp³-hybridized carbons (Fsp3) is 0.143. The third kappa shape index (κ3) is 3.05. The maximum atomic E-state index is 13.5. The van der Waals surface area contributed by atoms with Gasteiger partial charge in [-0.05, 0) is 0 Å². The average molecular weight is 350 g/mol. The van der Waals surface area contributed by atoms with Crippen molar-refractivity contribution in [3.8, 4) is 0 Å². The number of aliphatic hydroxyl groups is 1. The second kappa shape index (κ2) is 6.09. The zero-order chi connectivity index (χ0) is 14.8. The van der Waals surface area contributed by atoms with Gasteiger partial charge in [0.2, 0.25) is 3.79 Å². The Hall–Kier alpha value is -0.500. The van der Waals surface area contributed by atoms with Crippen LogP contribution in [0.2, 0.25) is 0 Å². The summed E-state index contributed by atoms with van der Waals surface area (Å²) in [5, 5.41) is 11.3. The number of aliphatic hydroxyl groups excluding tert-OH is 1. The van der Waals surface area contributed by atoms with E-state index in [-0.39, 0.29) is 0 Å². The number of hydrogen-bond acceptors (Lipinski definition) is 2. The van der Waals surface area contributed by atoms with E-state index >= 15 is 0 Å². The number of rotatable bonds is 3. The molecule has 0 aromatic heterocycles. The van der Waals surface area contributed by atoms with Crippen molar-refractivity contribution < 1.29 is 9.67 Å². The molecule has 1 atom stereocenters. The maximum Gasteiger partial charge on any atom is 0.223 e. The van der Waals surface area contributed by atoms with Gasteiger partial charge in [0.05, 0.1) is 0 Å². The van der Waals surface area contributed by atoms with Crippen molar-refractivity contribution >= 4 is 52.6 Å². The van der Waals surface area contributed by atoms with Crippen molar-refractivity contribution in [1.82, 2.24) is 0 Å².